The number of nitro groups is 1. The molecule has 166 valence electrons. The highest BCUT2D eigenvalue weighted by atomic mass is 35.5. The molecule has 1 aromatic heterocycles. The van der Waals surface area contributed by atoms with Crippen molar-refractivity contribution in [3.05, 3.63) is 86.5 Å². The van der Waals surface area contributed by atoms with Gasteiger partial charge in [0.15, 0.2) is 0 Å². The summed E-state index contributed by atoms with van der Waals surface area (Å²) < 4.78 is 5.67. The average Bonchev–Trinajstić information content (AvgIpc) is 3.34. The molecule has 1 saturated heterocycles. The largest absolute Gasteiger partial charge is 0.457 e. The van der Waals surface area contributed by atoms with E-state index < -0.39 is 28.5 Å². The zero-order valence-corrected chi connectivity index (χ0v) is 18.3. The van der Waals surface area contributed by atoms with E-state index in [9.17, 15) is 24.5 Å². The summed E-state index contributed by atoms with van der Waals surface area (Å²) in [5, 5.41) is 13.4. The third kappa shape index (κ3) is 5.13. The van der Waals surface area contributed by atoms with Gasteiger partial charge < -0.3 is 9.73 Å². The van der Waals surface area contributed by atoms with Crippen LogP contribution in [0.3, 0.4) is 0 Å². The first-order valence-corrected chi connectivity index (χ1v) is 10.6. The van der Waals surface area contributed by atoms with E-state index in [4.69, 9.17) is 16.0 Å². The van der Waals surface area contributed by atoms with Crippen molar-refractivity contribution in [2.75, 3.05) is 11.9 Å². The minimum Gasteiger partial charge on any atom is -0.457 e. The molecule has 33 heavy (non-hydrogen) atoms. The number of amides is 3. The van der Waals surface area contributed by atoms with Gasteiger partial charge in [0.05, 0.1) is 9.83 Å². The summed E-state index contributed by atoms with van der Waals surface area (Å²) in [6.45, 7) is -0.453. The van der Waals surface area contributed by atoms with Crippen molar-refractivity contribution in [1.82, 2.24) is 4.90 Å². The number of furan rings is 1. The number of imide groups is 1. The lowest BCUT2D eigenvalue weighted by Crippen LogP contribution is -2.36. The van der Waals surface area contributed by atoms with Crippen molar-refractivity contribution in [3.63, 3.8) is 0 Å². The van der Waals surface area contributed by atoms with E-state index in [1.807, 2.05) is 0 Å². The van der Waals surface area contributed by atoms with Crippen molar-refractivity contribution in [2.45, 2.75) is 0 Å². The zero-order valence-electron chi connectivity index (χ0n) is 16.7. The number of rotatable bonds is 6. The molecule has 2 heterocycles. The molecule has 1 N–H and O–H groups in total. The van der Waals surface area contributed by atoms with Gasteiger partial charge in [-0.15, -0.1) is 0 Å². The first-order chi connectivity index (χ1) is 15.8. The van der Waals surface area contributed by atoms with Gasteiger partial charge in [-0.2, -0.15) is 0 Å². The first-order valence-electron chi connectivity index (χ1n) is 9.45. The minimum atomic E-state index is -0.625. The standard InChI is InChI=1S/C22H14ClN3O6S/c23-14-4-2-5-15(10-14)24-20(27)12-25-21(28)19(33-22(25)29)11-17-7-8-18(32-17)13-3-1-6-16(9-13)26(30)31/h1-11H,12H2,(H,24,27)/b19-11+. The number of hydrogen-bond donors (Lipinski definition) is 1. The second-order valence-corrected chi connectivity index (χ2v) is 8.27. The zero-order chi connectivity index (χ0) is 23.5. The van der Waals surface area contributed by atoms with Gasteiger partial charge in [-0.1, -0.05) is 29.8 Å². The number of thioether (sulfide) groups is 1. The Morgan fingerprint density at radius 1 is 1.15 bits per heavy atom. The molecule has 1 aliphatic rings. The van der Waals surface area contributed by atoms with E-state index in [2.05, 4.69) is 5.32 Å². The Morgan fingerprint density at radius 2 is 1.94 bits per heavy atom. The smallest absolute Gasteiger partial charge is 0.294 e. The molecule has 3 aromatic rings. The highest BCUT2D eigenvalue weighted by Crippen LogP contribution is 2.33. The highest BCUT2D eigenvalue weighted by Gasteiger charge is 2.36. The molecule has 1 fully saturated rings. The van der Waals surface area contributed by atoms with Gasteiger partial charge >= 0.3 is 0 Å². The summed E-state index contributed by atoms with van der Waals surface area (Å²) in [4.78, 5) is 48.6. The summed E-state index contributed by atoms with van der Waals surface area (Å²) >= 11 is 6.57. The predicted molar refractivity (Wildman–Crippen MR) is 124 cm³/mol. The van der Waals surface area contributed by atoms with Crippen LogP contribution in [-0.4, -0.2) is 33.4 Å². The SMILES string of the molecule is O=C(CN1C(=O)S/C(=C/c2ccc(-c3cccc([N+](=O)[O-])c3)o2)C1=O)Nc1cccc(Cl)c1. The van der Waals surface area contributed by atoms with Gasteiger partial charge in [0, 0.05) is 34.5 Å². The van der Waals surface area contributed by atoms with E-state index in [1.165, 1.54) is 24.3 Å². The van der Waals surface area contributed by atoms with Gasteiger partial charge in [0.25, 0.3) is 16.8 Å². The Labute approximate surface area is 196 Å². The number of carbonyl (C=O) groups is 3. The summed E-state index contributed by atoms with van der Waals surface area (Å²) in [7, 11) is 0. The van der Waals surface area contributed by atoms with Gasteiger partial charge in [0.1, 0.15) is 18.1 Å². The monoisotopic (exact) mass is 483 g/mol. The quantitative estimate of drug-likeness (QED) is 0.291. The molecule has 0 saturated carbocycles. The van der Waals surface area contributed by atoms with Gasteiger partial charge in [-0.25, -0.2) is 0 Å². The van der Waals surface area contributed by atoms with Crippen LogP contribution < -0.4 is 5.32 Å². The molecular weight excluding hydrogens is 470 g/mol. The van der Waals surface area contributed by atoms with Crippen LogP contribution >= 0.6 is 23.4 Å². The molecule has 1 aliphatic heterocycles. The van der Waals surface area contributed by atoms with Crippen molar-refractivity contribution in [1.29, 1.82) is 0 Å². The maximum absolute atomic E-state index is 12.7. The van der Waals surface area contributed by atoms with Crippen molar-refractivity contribution in [2.24, 2.45) is 0 Å². The van der Waals surface area contributed by atoms with Crippen LogP contribution in [0.1, 0.15) is 5.76 Å². The third-order valence-corrected chi connectivity index (χ3v) is 5.67. The van der Waals surface area contributed by atoms with E-state index in [0.717, 1.165) is 4.90 Å². The maximum Gasteiger partial charge on any atom is 0.294 e. The summed E-state index contributed by atoms with van der Waals surface area (Å²) in [6, 6.07) is 15.6. The Morgan fingerprint density at radius 3 is 2.70 bits per heavy atom. The fourth-order valence-corrected chi connectivity index (χ4v) is 4.04. The van der Waals surface area contributed by atoms with Crippen molar-refractivity contribution < 1.29 is 23.7 Å². The number of anilines is 1. The van der Waals surface area contributed by atoms with Crippen LogP contribution in [-0.2, 0) is 9.59 Å². The van der Waals surface area contributed by atoms with Gasteiger partial charge in [-0.05, 0) is 42.1 Å². The molecule has 11 heteroatoms. The van der Waals surface area contributed by atoms with Gasteiger partial charge in [0.2, 0.25) is 5.91 Å². The fraction of sp³-hybridized carbons (Fsp3) is 0.0455. The summed E-state index contributed by atoms with van der Waals surface area (Å²) in [5.41, 5.74) is 0.858. The number of nitrogens with one attached hydrogen (secondary N) is 1. The number of benzene rings is 2. The molecule has 2 aromatic carbocycles. The lowest BCUT2D eigenvalue weighted by atomic mass is 10.1. The Bertz CT molecular complexity index is 1320. The molecule has 0 bridgehead atoms. The molecule has 0 unspecified atom stereocenters. The lowest BCUT2D eigenvalue weighted by molar-refractivity contribution is -0.384. The van der Waals surface area contributed by atoms with E-state index in [-0.39, 0.29) is 16.4 Å². The summed E-state index contributed by atoms with van der Waals surface area (Å²) in [5.74, 6) is -0.526. The van der Waals surface area contributed by atoms with E-state index in [1.54, 1.807) is 42.5 Å². The Balaban J connectivity index is 1.46. The number of halogens is 1. The maximum atomic E-state index is 12.7. The second-order valence-electron chi connectivity index (χ2n) is 6.84. The molecule has 0 radical (unpaired) electrons. The van der Waals surface area contributed by atoms with E-state index >= 15 is 0 Å². The lowest BCUT2D eigenvalue weighted by Gasteiger charge is -2.12. The Hall–Kier alpha value is -3.89. The molecular formula is C22H14ClN3O6S. The fourth-order valence-electron chi connectivity index (χ4n) is 3.03. The predicted octanol–water partition coefficient (Wildman–Crippen LogP) is 5.18. The van der Waals surface area contributed by atoms with Crippen LogP contribution in [0.25, 0.3) is 17.4 Å². The Kier molecular flexibility index (Phi) is 6.29. The molecule has 0 atom stereocenters. The van der Waals surface area contributed by atoms with Crippen molar-refractivity contribution in [3.8, 4) is 11.3 Å². The van der Waals surface area contributed by atoms with Crippen LogP contribution in [0, 0.1) is 10.1 Å². The minimum absolute atomic E-state index is 0.0809. The van der Waals surface area contributed by atoms with Crippen LogP contribution in [0.2, 0.25) is 5.02 Å². The average molecular weight is 484 g/mol. The summed E-state index contributed by atoms with van der Waals surface area (Å²) in [6.07, 6.45) is 1.39. The van der Waals surface area contributed by atoms with Crippen molar-refractivity contribution >= 4 is 57.9 Å². The third-order valence-electron chi connectivity index (χ3n) is 4.53. The van der Waals surface area contributed by atoms with E-state index in [0.29, 0.717) is 33.8 Å². The van der Waals surface area contributed by atoms with Crippen LogP contribution in [0.5, 0.6) is 0 Å². The number of nitrogens with zero attached hydrogens (tertiary/aromatic N) is 2. The van der Waals surface area contributed by atoms with Gasteiger partial charge in [-0.3, -0.25) is 29.4 Å². The van der Waals surface area contributed by atoms with Crippen LogP contribution in [0.4, 0.5) is 16.2 Å². The first kappa shape index (κ1) is 22.3. The molecule has 9 nitrogen and oxygen atoms in total. The molecule has 3 amide bonds. The second kappa shape index (κ2) is 9.31. The van der Waals surface area contributed by atoms with Crippen LogP contribution in [0.15, 0.2) is 70.0 Å². The number of carbonyl (C=O) groups excluding carboxylic acids is 3. The number of hydrogen-bond acceptors (Lipinski definition) is 7. The molecule has 0 aliphatic carbocycles. The number of non-ortho nitro benzene ring substituents is 1. The highest BCUT2D eigenvalue weighted by molar-refractivity contribution is 8.18. The molecule has 0 spiro atoms. The number of nitro benzene ring substituents is 1. The molecule has 4 rings (SSSR count). The topological polar surface area (TPSA) is 123 Å². The normalized spacial score (nSPS) is 14.7.